The van der Waals surface area contributed by atoms with Crippen LogP contribution >= 0.6 is 11.6 Å². The van der Waals surface area contributed by atoms with Crippen molar-refractivity contribution >= 4 is 28.3 Å². The Morgan fingerprint density at radius 1 is 0.931 bits per heavy atom. The highest BCUT2D eigenvalue weighted by atomic mass is 35.5. The van der Waals surface area contributed by atoms with E-state index in [9.17, 15) is 0 Å². The van der Waals surface area contributed by atoms with Crippen LogP contribution in [-0.4, -0.2) is 15.0 Å². The number of halogens is 1. The predicted octanol–water partition coefficient (Wildman–Crippen LogP) is 6.19. The lowest BCUT2D eigenvalue weighted by Gasteiger charge is -2.19. The van der Waals surface area contributed by atoms with Gasteiger partial charge in [-0.1, -0.05) is 72.6 Å². The van der Waals surface area contributed by atoms with E-state index >= 15 is 0 Å². The van der Waals surface area contributed by atoms with Gasteiger partial charge in [0.05, 0.1) is 5.52 Å². The van der Waals surface area contributed by atoms with Crippen LogP contribution in [0.5, 0.6) is 0 Å². The lowest BCUT2D eigenvalue weighted by molar-refractivity contribution is 0.378. The summed E-state index contributed by atoms with van der Waals surface area (Å²) in [5.41, 5.74) is 4.16. The molecule has 3 aromatic carbocycles. The van der Waals surface area contributed by atoms with Crippen molar-refractivity contribution in [3.8, 4) is 0 Å². The molecule has 2 unspecified atom stereocenters. The van der Waals surface area contributed by atoms with Crippen molar-refractivity contribution in [2.45, 2.75) is 37.9 Å². The minimum atomic E-state index is -0.276. The molecule has 2 atom stereocenters. The summed E-state index contributed by atoms with van der Waals surface area (Å²) in [6.45, 7) is 2.24. The van der Waals surface area contributed by atoms with Gasteiger partial charge in [-0.05, 0) is 54.8 Å². The molecule has 0 spiro atoms. The number of anilines is 1. The summed E-state index contributed by atoms with van der Waals surface area (Å²) in [5.74, 6) is 0. The molecule has 0 radical (unpaired) electrons. The Bertz CT molecular complexity index is 1120. The zero-order valence-electron chi connectivity index (χ0n) is 16.4. The van der Waals surface area contributed by atoms with Gasteiger partial charge in [-0.25, -0.2) is 4.68 Å². The molecule has 5 heteroatoms. The smallest absolute Gasteiger partial charge is 0.161 e. The number of unbranched alkanes of at least 4 members (excludes halogenated alkanes) is 1. The van der Waals surface area contributed by atoms with Gasteiger partial charge in [-0.3, -0.25) is 0 Å². The molecule has 0 aliphatic carbocycles. The van der Waals surface area contributed by atoms with Gasteiger partial charge in [0.1, 0.15) is 11.6 Å². The summed E-state index contributed by atoms with van der Waals surface area (Å²) in [6.07, 6.45) is 3.24. The molecule has 0 bridgehead atoms. The minimum Gasteiger partial charge on any atom is -0.334 e. The highest BCUT2D eigenvalue weighted by molar-refractivity contribution is 6.30. The van der Waals surface area contributed by atoms with Gasteiger partial charge < -0.3 is 4.90 Å². The Morgan fingerprint density at radius 2 is 1.66 bits per heavy atom. The number of aromatic nitrogens is 3. The topological polar surface area (TPSA) is 33.7 Å². The molecule has 0 saturated carbocycles. The van der Waals surface area contributed by atoms with Gasteiger partial charge >= 0.3 is 0 Å². The van der Waals surface area contributed by atoms with E-state index in [0.717, 1.165) is 35.3 Å². The first-order valence-corrected chi connectivity index (χ1v) is 10.5. The van der Waals surface area contributed by atoms with E-state index in [1.54, 1.807) is 0 Å². The number of hydrogen-bond donors (Lipinski definition) is 0. The standard InChI is InChI=1S/C24H23ClN4/c1-2-3-17-24(29-22-12-8-7-11-21(22)26-27-29)23(18-13-15-19(25)16-14-18)28(24)20-9-5-4-6-10-20/h4-16,23H,2-3,17H2,1H3. The van der Waals surface area contributed by atoms with Crippen LogP contribution in [0.25, 0.3) is 11.0 Å². The molecule has 0 amide bonds. The van der Waals surface area contributed by atoms with E-state index < -0.39 is 0 Å². The number of para-hydroxylation sites is 2. The molecule has 146 valence electrons. The first-order valence-electron chi connectivity index (χ1n) is 10.2. The number of hydrogen-bond acceptors (Lipinski definition) is 3. The largest absolute Gasteiger partial charge is 0.334 e. The average Bonchev–Trinajstić information content (AvgIpc) is 3.23. The summed E-state index contributed by atoms with van der Waals surface area (Å²) in [5, 5.41) is 9.87. The Morgan fingerprint density at radius 3 is 2.41 bits per heavy atom. The summed E-state index contributed by atoms with van der Waals surface area (Å²) in [6, 6.07) is 27.2. The Kier molecular flexibility index (Phi) is 4.51. The molecule has 4 nitrogen and oxygen atoms in total. The summed E-state index contributed by atoms with van der Waals surface area (Å²) < 4.78 is 2.14. The van der Waals surface area contributed by atoms with Crippen molar-refractivity contribution in [1.82, 2.24) is 15.0 Å². The van der Waals surface area contributed by atoms with Crippen molar-refractivity contribution in [1.29, 1.82) is 0 Å². The molecule has 29 heavy (non-hydrogen) atoms. The van der Waals surface area contributed by atoms with Crippen LogP contribution in [0.15, 0.2) is 78.9 Å². The zero-order chi connectivity index (χ0) is 19.8. The first-order chi connectivity index (χ1) is 14.3. The lowest BCUT2D eigenvalue weighted by Crippen LogP contribution is -2.26. The van der Waals surface area contributed by atoms with Crippen LogP contribution < -0.4 is 4.90 Å². The summed E-state index contributed by atoms with van der Waals surface area (Å²) >= 11 is 6.18. The van der Waals surface area contributed by atoms with Crippen molar-refractivity contribution in [2.75, 3.05) is 4.90 Å². The highest BCUT2D eigenvalue weighted by Gasteiger charge is 2.65. The second kappa shape index (κ2) is 7.20. The second-order valence-electron chi connectivity index (χ2n) is 7.63. The Balaban J connectivity index is 1.71. The normalized spacial score (nSPS) is 20.9. The van der Waals surface area contributed by atoms with Crippen LogP contribution in [0.4, 0.5) is 5.69 Å². The monoisotopic (exact) mass is 402 g/mol. The van der Waals surface area contributed by atoms with Gasteiger partial charge in [0, 0.05) is 10.7 Å². The number of fused-ring (bicyclic) bond motifs is 1. The molecule has 1 aromatic heterocycles. The maximum atomic E-state index is 6.18. The average molecular weight is 403 g/mol. The molecule has 1 aliphatic heterocycles. The molecule has 0 N–H and O–H groups in total. The van der Waals surface area contributed by atoms with Crippen LogP contribution in [0.2, 0.25) is 5.02 Å². The SMILES string of the molecule is CCCCC1(n2nnc3ccccc32)C(c2ccc(Cl)cc2)N1c1ccccc1. The number of rotatable bonds is 6. The molecule has 1 fully saturated rings. The summed E-state index contributed by atoms with van der Waals surface area (Å²) in [4.78, 5) is 2.48. The van der Waals surface area contributed by atoms with E-state index in [0.29, 0.717) is 0 Å². The zero-order valence-corrected chi connectivity index (χ0v) is 17.1. The fraction of sp³-hybridized carbons (Fsp3) is 0.250. The van der Waals surface area contributed by atoms with Crippen LogP contribution in [0.1, 0.15) is 37.8 Å². The van der Waals surface area contributed by atoms with E-state index in [4.69, 9.17) is 11.6 Å². The maximum absolute atomic E-state index is 6.18. The number of benzene rings is 3. The Hall–Kier alpha value is -2.85. The van der Waals surface area contributed by atoms with Gasteiger partial charge in [0.15, 0.2) is 5.66 Å². The fourth-order valence-corrected chi connectivity index (χ4v) is 4.64. The van der Waals surface area contributed by atoms with Crippen molar-refractivity contribution < 1.29 is 0 Å². The van der Waals surface area contributed by atoms with E-state index in [2.05, 4.69) is 81.4 Å². The molecule has 1 aliphatic rings. The number of nitrogens with zero attached hydrogens (tertiary/aromatic N) is 4. The van der Waals surface area contributed by atoms with Crippen LogP contribution in [0, 0.1) is 0 Å². The molecule has 1 saturated heterocycles. The van der Waals surface area contributed by atoms with Gasteiger partial charge in [-0.15, -0.1) is 5.10 Å². The van der Waals surface area contributed by atoms with E-state index in [1.165, 1.54) is 11.3 Å². The third-order valence-corrected chi connectivity index (χ3v) is 6.13. The second-order valence-corrected chi connectivity index (χ2v) is 8.07. The predicted molar refractivity (Wildman–Crippen MR) is 118 cm³/mol. The maximum Gasteiger partial charge on any atom is 0.161 e. The minimum absolute atomic E-state index is 0.179. The third-order valence-electron chi connectivity index (χ3n) is 5.88. The van der Waals surface area contributed by atoms with Crippen LogP contribution in [-0.2, 0) is 5.66 Å². The van der Waals surface area contributed by atoms with Gasteiger partial charge in [0.2, 0.25) is 0 Å². The fourth-order valence-electron chi connectivity index (χ4n) is 4.52. The van der Waals surface area contributed by atoms with Crippen molar-refractivity contribution in [3.63, 3.8) is 0 Å². The van der Waals surface area contributed by atoms with Gasteiger partial charge in [0.25, 0.3) is 0 Å². The summed E-state index contributed by atoms with van der Waals surface area (Å²) in [7, 11) is 0. The quantitative estimate of drug-likeness (QED) is 0.360. The lowest BCUT2D eigenvalue weighted by atomic mass is 10.0. The molecular weight excluding hydrogens is 380 g/mol. The third kappa shape index (κ3) is 2.90. The first kappa shape index (κ1) is 18.2. The van der Waals surface area contributed by atoms with Crippen molar-refractivity contribution in [2.24, 2.45) is 0 Å². The molecule has 4 aromatic rings. The molecule has 5 rings (SSSR count). The van der Waals surface area contributed by atoms with E-state index in [1.807, 2.05) is 24.3 Å². The highest BCUT2D eigenvalue weighted by Crippen LogP contribution is 2.62. The van der Waals surface area contributed by atoms with E-state index in [-0.39, 0.29) is 11.7 Å². The Labute approximate surface area is 175 Å². The van der Waals surface area contributed by atoms with Crippen molar-refractivity contribution in [3.05, 3.63) is 89.4 Å². The molecule has 2 heterocycles. The van der Waals surface area contributed by atoms with Crippen LogP contribution in [0.3, 0.4) is 0 Å². The van der Waals surface area contributed by atoms with Gasteiger partial charge in [-0.2, -0.15) is 0 Å². The molecular formula is C24H23ClN4.